The fraction of sp³-hybridized carbons (Fsp3) is 0.300. The number of hydrogen-bond donors (Lipinski definition) is 0. The Kier molecular flexibility index (Phi) is 3.62. The minimum absolute atomic E-state index is 0.0445. The van der Waals surface area contributed by atoms with Crippen LogP contribution in [0.1, 0.15) is 6.42 Å². The molecule has 0 atom stereocenters. The van der Waals surface area contributed by atoms with Crippen molar-refractivity contribution in [2.45, 2.75) is 6.42 Å². The van der Waals surface area contributed by atoms with E-state index in [2.05, 4.69) is 4.98 Å². The predicted molar refractivity (Wildman–Crippen MR) is 52.7 cm³/mol. The van der Waals surface area contributed by atoms with Gasteiger partial charge in [-0.15, -0.1) is 0 Å². The lowest BCUT2D eigenvalue weighted by molar-refractivity contribution is -0.116. The van der Waals surface area contributed by atoms with Gasteiger partial charge in [-0.25, -0.2) is 4.98 Å². The maximum atomic E-state index is 11.1. The van der Waals surface area contributed by atoms with Gasteiger partial charge in [0, 0.05) is 13.2 Å². The molecule has 1 rings (SSSR count). The molecular formula is C10H11N3O. The van der Waals surface area contributed by atoms with E-state index >= 15 is 0 Å². The van der Waals surface area contributed by atoms with Crippen LogP contribution >= 0.6 is 0 Å². The summed E-state index contributed by atoms with van der Waals surface area (Å²) in [5.41, 5.74) is 0. The molecule has 0 spiro atoms. The van der Waals surface area contributed by atoms with Gasteiger partial charge < -0.3 is 4.90 Å². The molecule has 0 aliphatic heterocycles. The fourth-order valence-corrected chi connectivity index (χ4v) is 1.07. The van der Waals surface area contributed by atoms with Crippen LogP contribution in [-0.2, 0) is 4.79 Å². The summed E-state index contributed by atoms with van der Waals surface area (Å²) >= 11 is 0. The summed E-state index contributed by atoms with van der Waals surface area (Å²) in [4.78, 5) is 16.9. The molecule has 1 aromatic heterocycles. The third kappa shape index (κ3) is 2.87. The molecule has 0 unspecified atom stereocenters. The summed E-state index contributed by atoms with van der Waals surface area (Å²) in [6.45, 7) is 0.227. The number of nitrogens with zero attached hydrogens (tertiary/aromatic N) is 3. The number of anilines is 1. The van der Waals surface area contributed by atoms with Gasteiger partial charge in [0.15, 0.2) is 5.78 Å². The van der Waals surface area contributed by atoms with Crippen LogP contribution < -0.4 is 4.90 Å². The Morgan fingerprint density at radius 1 is 1.64 bits per heavy atom. The fourth-order valence-electron chi connectivity index (χ4n) is 1.07. The van der Waals surface area contributed by atoms with Crippen LogP contribution in [0.25, 0.3) is 0 Å². The van der Waals surface area contributed by atoms with Crippen LogP contribution in [0, 0.1) is 11.3 Å². The van der Waals surface area contributed by atoms with Crippen molar-refractivity contribution in [1.82, 2.24) is 4.98 Å². The van der Waals surface area contributed by atoms with E-state index in [0.717, 1.165) is 5.82 Å². The highest BCUT2D eigenvalue weighted by molar-refractivity contribution is 5.84. The number of carbonyl (C=O) groups is 1. The molecule has 0 saturated carbocycles. The maximum absolute atomic E-state index is 11.1. The van der Waals surface area contributed by atoms with Gasteiger partial charge in [0.25, 0.3) is 0 Å². The third-order valence-corrected chi connectivity index (χ3v) is 1.73. The molecule has 72 valence electrons. The molecule has 14 heavy (non-hydrogen) atoms. The molecule has 1 aromatic rings. The van der Waals surface area contributed by atoms with E-state index < -0.39 is 0 Å². The molecule has 0 fully saturated rings. The molecular weight excluding hydrogens is 178 g/mol. The zero-order valence-corrected chi connectivity index (χ0v) is 7.97. The number of hydrogen-bond acceptors (Lipinski definition) is 4. The number of Topliss-reactive ketones (excluding diaryl/α,β-unsaturated/α-hetero) is 1. The molecule has 0 bridgehead atoms. The minimum Gasteiger partial charge on any atom is -0.352 e. The number of nitriles is 1. The molecule has 4 heteroatoms. The first-order valence-electron chi connectivity index (χ1n) is 4.25. The van der Waals surface area contributed by atoms with Gasteiger partial charge >= 0.3 is 0 Å². The Balaban J connectivity index is 2.56. The third-order valence-electron chi connectivity index (χ3n) is 1.73. The number of likely N-dealkylation sites (N-methyl/N-ethyl adjacent to an activating group) is 1. The van der Waals surface area contributed by atoms with Crippen LogP contribution in [0.4, 0.5) is 5.82 Å². The second-order valence-electron chi connectivity index (χ2n) is 2.92. The smallest absolute Gasteiger partial charge is 0.166 e. The summed E-state index contributed by atoms with van der Waals surface area (Å²) in [6, 6.07) is 7.32. The molecule has 0 amide bonds. The van der Waals surface area contributed by atoms with Gasteiger partial charge in [0.2, 0.25) is 0 Å². The number of rotatable bonds is 4. The van der Waals surface area contributed by atoms with Gasteiger partial charge in [-0.2, -0.15) is 5.26 Å². The highest BCUT2D eigenvalue weighted by Crippen LogP contribution is 2.06. The van der Waals surface area contributed by atoms with Gasteiger partial charge in [-0.3, -0.25) is 4.79 Å². The van der Waals surface area contributed by atoms with Crippen LogP contribution in [-0.4, -0.2) is 24.4 Å². The normalized spacial score (nSPS) is 9.14. The maximum Gasteiger partial charge on any atom is 0.166 e. The zero-order valence-electron chi connectivity index (χ0n) is 7.97. The quantitative estimate of drug-likeness (QED) is 0.709. The van der Waals surface area contributed by atoms with Gasteiger partial charge in [-0.05, 0) is 12.1 Å². The second kappa shape index (κ2) is 4.97. The number of pyridine rings is 1. The van der Waals surface area contributed by atoms with Crippen molar-refractivity contribution in [3.05, 3.63) is 24.4 Å². The van der Waals surface area contributed by atoms with E-state index in [9.17, 15) is 4.79 Å². The lowest BCUT2D eigenvalue weighted by atomic mass is 10.3. The standard InChI is InChI=1S/C10H11N3O/c1-13(8-9(14)5-6-11)10-4-2-3-7-12-10/h2-4,7H,5,8H2,1H3. The first-order valence-corrected chi connectivity index (χ1v) is 4.25. The molecule has 0 radical (unpaired) electrons. The molecule has 1 heterocycles. The Morgan fingerprint density at radius 2 is 2.43 bits per heavy atom. The van der Waals surface area contributed by atoms with Crippen LogP contribution in [0.15, 0.2) is 24.4 Å². The van der Waals surface area contributed by atoms with Crippen LogP contribution in [0.3, 0.4) is 0 Å². The average Bonchev–Trinajstić information content (AvgIpc) is 2.19. The highest BCUT2D eigenvalue weighted by Gasteiger charge is 2.06. The van der Waals surface area contributed by atoms with Crippen molar-refractivity contribution in [2.75, 3.05) is 18.5 Å². The Hall–Kier alpha value is -1.89. The monoisotopic (exact) mass is 189 g/mol. The van der Waals surface area contributed by atoms with E-state index in [4.69, 9.17) is 5.26 Å². The average molecular weight is 189 g/mol. The topological polar surface area (TPSA) is 57.0 Å². The van der Waals surface area contributed by atoms with E-state index in [1.54, 1.807) is 18.1 Å². The first-order chi connectivity index (χ1) is 6.74. The molecule has 0 aliphatic carbocycles. The lowest BCUT2D eigenvalue weighted by Crippen LogP contribution is -2.25. The van der Waals surface area contributed by atoms with E-state index in [1.165, 1.54) is 0 Å². The summed E-state index contributed by atoms with van der Waals surface area (Å²) in [7, 11) is 1.78. The first kappa shape index (κ1) is 10.2. The Morgan fingerprint density at radius 3 is 3.00 bits per heavy atom. The predicted octanol–water partition coefficient (Wildman–Crippen LogP) is 1.00. The molecule has 4 nitrogen and oxygen atoms in total. The van der Waals surface area contributed by atoms with E-state index in [0.29, 0.717) is 0 Å². The largest absolute Gasteiger partial charge is 0.352 e. The highest BCUT2D eigenvalue weighted by atomic mass is 16.1. The van der Waals surface area contributed by atoms with Crippen molar-refractivity contribution in [2.24, 2.45) is 0 Å². The molecule has 0 aliphatic rings. The summed E-state index contributed by atoms with van der Waals surface area (Å²) < 4.78 is 0. The van der Waals surface area contributed by atoms with Gasteiger partial charge in [0.1, 0.15) is 5.82 Å². The lowest BCUT2D eigenvalue weighted by Gasteiger charge is -2.15. The van der Waals surface area contributed by atoms with Crippen LogP contribution in [0.5, 0.6) is 0 Å². The summed E-state index contributed by atoms with van der Waals surface area (Å²) in [5, 5.41) is 8.32. The van der Waals surface area contributed by atoms with Crippen molar-refractivity contribution in [1.29, 1.82) is 5.26 Å². The summed E-state index contributed by atoms with van der Waals surface area (Å²) in [6.07, 6.45) is 1.62. The van der Waals surface area contributed by atoms with E-state index in [1.807, 2.05) is 24.3 Å². The van der Waals surface area contributed by atoms with E-state index in [-0.39, 0.29) is 18.7 Å². The van der Waals surface area contributed by atoms with Crippen molar-refractivity contribution >= 4 is 11.6 Å². The van der Waals surface area contributed by atoms with Crippen molar-refractivity contribution in [3.63, 3.8) is 0 Å². The van der Waals surface area contributed by atoms with Crippen molar-refractivity contribution in [3.8, 4) is 6.07 Å². The second-order valence-corrected chi connectivity index (χ2v) is 2.92. The van der Waals surface area contributed by atoms with Gasteiger partial charge in [-0.1, -0.05) is 6.07 Å². The molecule has 0 N–H and O–H groups in total. The SMILES string of the molecule is CN(CC(=O)CC#N)c1ccccn1. The summed E-state index contributed by atoms with van der Waals surface area (Å²) in [5.74, 6) is 0.638. The van der Waals surface area contributed by atoms with Crippen LogP contribution in [0.2, 0.25) is 0 Å². The van der Waals surface area contributed by atoms with Crippen molar-refractivity contribution < 1.29 is 4.79 Å². The molecule has 0 aromatic carbocycles. The van der Waals surface area contributed by atoms with Gasteiger partial charge in [0.05, 0.1) is 19.0 Å². The number of carbonyl (C=O) groups excluding carboxylic acids is 1. The zero-order chi connectivity index (χ0) is 10.4. The Labute approximate surface area is 82.8 Å². The molecule has 0 saturated heterocycles. The minimum atomic E-state index is -0.0966. The Bertz CT molecular complexity index is 342. The number of aromatic nitrogens is 1. The number of ketones is 1.